The summed E-state index contributed by atoms with van der Waals surface area (Å²) in [6.45, 7) is 0.233. The minimum Gasteiger partial charge on any atom is -0.445 e. The number of ether oxygens (including phenoxy) is 1. The fourth-order valence-corrected chi connectivity index (χ4v) is 3.53. The first-order chi connectivity index (χ1) is 13.3. The summed E-state index contributed by atoms with van der Waals surface area (Å²) in [4.78, 5) is 11.7. The highest BCUT2D eigenvalue weighted by atomic mass is 32.2. The van der Waals surface area contributed by atoms with Gasteiger partial charge in [0.15, 0.2) is 9.84 Å². The number of carbonyl (C=O) groups is 1. The van der Waals surface area contributed by atoms with E-state index in [2.05, 4.69) is 5.32 Å². The van der Waals surface area contributed by atoms with Gasteiger partial charge in [0.2, 0.25) is 0 Å². The second-order valence-corrected chi connectivity index (χ2v) is 8.70. The average molecular weight is 407 g/mol. The summed E-state index contributed by atoms with van der Waals surface area (Å²) in [6, 6.07) is 15.7. The van der Waals surface area contributed by atoms with E-state index in [1.807, 2.05) is 30.3 Å². The fourth-order valence-electron chi connectivity index (χ4n) is 2.70. The van der Waals surface area contributed by atoms with Crippen LogP contribution in [0, 0.1) is 0 Å². The topological polar surface area (TPSA) is 113 Å². The molecule has 0 aliphatic heterocycles. The minimum absolute atomic E-state index is 0.0782. The van der Waals surface area contributed by atoms with Crippen LogP contribution in [-0.4, -0.2) is 43.6 Å². The Hall–Kier alpha value is -2.42. The van der Waals surface area contributed by atoms with Gasteiger partial charge in [-0.15, -0.1) is 0 Å². The summed E-state index contributed by atoms with van der Waals surface area (Å²) >= 11 is 0. The van der Waals surface area contributed by atoms with Crippen LogP contribution in [0.2, 0.25) is 0 Å². The number of aliphatic hydroxyl groups is 2. The Morgan fingerprint density at radius 3 is 2.39 bits per heavy atom. The Morgan fingerprint density at radius 1 is 1.07 bits per heavy atom. The molecule has 0 aromatic heterocycles. The average Bonchev–Trinajstić information content (AvgIpc) is 2.65. The van der Waals surface area contributed by atoms with Crippen LogP contribution in [0.15, 0.2) is 54.6 Å². The molecule has 7 nitrogen and oxygen atoms in total. The van der Waals surface area contributed by atoms with Crippen LogP contribution in [0.25, 0.3) is 0 Å². The number of carbonyl (C=O) groups excluding carboxylic acids is 1. The van der Waals surface area contributed by atoms with Gasteiger partial charge in [-0.2, -0.15) is 0 Å². The summed E-state index contributed by atoms with van der Waals surface area (Å²) in [5.74, 6) is -0.225. The molecule has 0 aliphatic carbocycles. The van der Waals surface area contributed by atoms with Crippen LogP contribution in [0.5, 0.6) is 0 Å². The molecule has 0 saturated carbocycles. The Bertz CT molecular complexity index is 869. The zero-order chi connectivity index (χ0) is 20.6. The molecule has 3 N–H and O–H groups in total. The van der Waals surface area contributed by atoms with Gasteiger partial charge in [-0.1, -0.05) is 54.6 Å². The third-order valence-electron chi connectivity index (χ3n) is 4.08. The second-order valence-electron chi connectivity index (χ2n) is 6.56. The summed E-state index contributed by atoms with van der Waals surface area (Å²) in [5, 5.41) is 23.1. The largest absolute Gasteiger partial charge is 0.445 e. The van der Waals surface area contributed by atoms with Gasteiger partial charge in [0.25, 0.3) is 0 Å². The van der Waals surface area contributed by atoms with Crippen LogP contribution < -0.4 is 5.32 Å². The third kappa shape index (κ3) is 7.30. The number of nitrogens with one attached hydrogen (secondary N) is 1. The summed E-state index contributed by atoms with van der Waals surface area (Å²) in [5.41, 5.74) is 1.65. The quantitative estimate of drug-likeness (QED) is 0.586. The maximum atomic E-state index is 11.7. The number of aliphatic hydroxyl groups excluding tert-OH is 2. The maximum absolute atomic E-state index is 11.7. The molecule has 2 atom stereocenters. The van der Waals surface area contributed by atoms with Crippen molar-refractivity contribution in [1.29, 1.82) is 0 Å². The predicted molar refractivity (Wildman–Crippen MR) is 105 cm³/mol. The lowest BCUT2D eigenvalue weighted by Crippen LogP contribution is -2.30. The predicted octanol–water partition coefficient (Wildman–Crippen LogP) is 1.94. The van der Waals surface area contributed by atoms with Gasteiger partial charge in [-0.25, -0.2) is 13.2 Å². The van der Waals surface area contributed by atoms with E-state index in [9.17, 15) is 23.4 Å². The van der Waals surface area contributed by atoms with Crippen LogP contribution in [0.1, 0.15) is 29.2 Å². The van der Waals surface area contributed by atoms with Gasteiger partial charge in [0.1, 0.15) is 12.7 Å². The molecule has 2 rings (SSSR count). The van der Waals surface area contributed by atoms with E-state index in [-0.39, 0.29) is 25.3 Å². The molecular weight excluding hydrogens is 382 g/mol. The number of hydrogen-bond acceptors (Lipinski definition) is 6. The standard InChI is InChI=1S/C20H25NO6S/c1-28(25,26)14-16-9-5-6-10-17(16)19(23)18(22)11-12-21-20(24)27-13-15-7-3-2-4-8-15/h2-10,18-19,22-23H,11-14H2,1H3,(H,21,24). The molecule has 8 heteroatoms. The van der Waals surface area contributed by atoms with E-state index in [1.54, 1.807) is 24.3 Å². The molecule has 0 radical (unpaired) electrons. The van der Waals surface area contributed by atoms with Gasteiger partial charge in [-0.3, -0.25) is 0 Å². The molecule has 0 spiro atoms. The van der Waals surface area contributed by atoms with Crippen molar-refractivity contribution < 1.29 is 28.2 Å². The zero-order valence-corrected chi connectivity index (χ0v) is 16.4. The number of benzene rings is 2. The number of hydrogen-bond donors (Lipinski definition) is 3. The summed E-state index contributed by atoms with van der Waals surface area (Å²) in [6.07, 6.45) is -1.87. The molecule has 0 heterocycles. The van der Waals surface area contributed by atoms with E-state index in [1.165, 1.54) is 0 Å². The van der Waals surface area contributed by atoms with Crippen molar-refractivity contribution in [1.82, 2.24) is 5.32 Å². The van der Waals surface area contributed by atoms with E-state index < -0.39 is 28.1 Å². The van der Waals surface area contributed by atoms with Crippen molar-refractivity contribution in [3.8, 4) is 0 Å². The van der Waals surface area contributed by atoms with Crippen LogP contribution in [0.3, 0.4) is 0 Å². The normalized spacial score (nSPS) is 13.5. The summed E-state index contributed by atoms with van der Waals surface area (Å²) in [7, 11) is -3.28. The lowest BCUT2D eigenvalue weighted by Gasteiger charge is -2.21. The van der Waals surface area contributed by atoms with Crippen molar-refractivity contribution in [3.63, 3.8) is 0 Å². The van der Waals surface area contributed by atoms with Gasteiger partial charge in [0, 0.05) is 12.8 Å². The van der Waals surface area contributed by atoms with Crippen molar-refractivity contribution in [2.45, 2.75) is 31.0 Å². The minimum atomic E-state index is -3.28. The van der Waals surface area contributed by atoms with Gasteiger partial charge in [0.05, 0.1) is 11.9 Å². The first kappa shape index (κ1) is 21.9. The Labute approximate surface area is 164 Å². The smallest absolute Gasteiger partial charge is 0.407 e. The Kier molecular flexibility index (Phi) is 7.98. The Morgan fingerprint density at radius 2 is 1.71 bits per heavy atom. The molecule has 2 unspecified atom stereocenters. The van der Waals surface area contributed by atoms with E-state index in [0.29, 0.717) is 11.1 Å². The second kappa shape index (κ2) is 10.2. The molecule has 28 heavy (non-hydrogen) atoms. The van der Waals surface area contributed by atoms with Crippen molar-refractivity contribution in [2.75, 3.05) is 12.8 Å². The number of sulfone groups is 1. The molecule has 0 aliphatic rings. The first-order valence-corrected chi connectivity index (χ1v) is 10.9. The number of rotatable bonds is 9. The van der Waals surface area contributed by atoms with Crippen molar-refractivity contribution in [2.24, 2.45) is 0 Å². The molecule has 2 aromatic rings. The molecule has 0 saturated heterocycles. The fraction of sp³-hybridized carbons (Fsp3) is 0.350. The van der Waals surface area contributed by atoms with Gasteiger partial charge >= 0.3 is 6.09 Å². The summed E-state index contributed by atoms with van der Waals surface area (Å²) < 4.78 is 28.2. The van der Waals surface area contributed by atoms with Gasteiger partial charge < -0.3 is 20.3 Å². The van der Waals surface area contributed by atoms with E-state index in [4.69, 9.17) is 4.74 Å². The first-order valence-electron chi connectivity index (χ1n) is 8.82. The van der Waals surface area contributed by atoms with Crippen LogP contribution in [0.4, 0.5) is 4.79 Å². The number of amides is 1. The zero-order valence-electron chi connectivity index (χ0n) is 15.6. The SMILES string of the molecule is CS(=O)(=O)Cc1ccccc1C(O)C(O)CCNC(=O)OCc1ccccc1. The van der Waals surface area contributed by atoms with E-state index >= 15 is 0 Å². The number of alkyl carbamates (subject to hydrolysis) is 1. The molecule has 2 aromatic carbocycles. The van der Waals surface area contributed by atoms with Crippen LogP contribution >= 0.6 is 0 Å². The molecule has 0 bridgehead atoms. The highest BCUT2D eigenvalue weighted by molar-refractivity contribution is 7.89. The van der Waals surface area contributed by atoms with Crippen molar-refractivity contribution in [3.05, 3.63) is 71.3 Å². The lowest BCUT2D eigenvalue weighted by molar-refractivity contribution is 0.0132. The highest BCUT2D eigenvalue weighted by Gasteiger charge is 2.22. The monoisotopic (exact) mass is 407 g/mol. The van der Waals surface area contributed by atoms with Crippen LogP contribution in [-0.2, 0) is 26.9 Å². The van der Waals surface area contributed by atoms with E-state index in [0.717, 1.165) is 11.8 Å². The lowest BCUT2D eigenvalue weighted by atomic mass is 9.98. The molecular formula is C20H25NO6S. The van der Waals surface area contributed by atoms with Crippen molar-refractivity contribution >= 4 is 15.9 Å². The molecule has 152 valence electrons. The highest BCUT2D eigenvalue weighted by Crippen LogP contribution is 2.24. The molecule has 1 amide bonds. The third-order valence-corrected chi connectivity index (χ3v) is 4.91. The maximum Gasteiger partial charge on any atom is 0.407 e. The molecule has 0 fully saturated rings. The Balaban J connectivity index is 1.83. The van der Waals surface area contributed by atoms with Gasteiger partial charge in [-0.05, 0) is 23.1 Å².